The van der Waals surface area contributed by atoms with Crippen molar-refractivity contribution in [1.29, 1.82) is 0 Å². The Morgan fingerprint density at radius 3 is 1.81 bits per heavy atom. The van der Waals surface area contributed by atoms with Crippen LogP contribution in [0.4, 0.5) is 0 Å². The summed E-state index contributed by atoms with van der Waals surface area (Å²) in [6.45, 7) is 15.2. The van der Waals surface area contributed by atoms with Crippen LogP contribution in [0.5, 0.6) is 0 Å². The molecule has 4 heterocycles. The normalized spacial score (nSPS) is 54.5. The van der Waals surface area contributed by atoms with Gasteiger partial charge in [0.05, 0.1) is 38.1 Å². The fraction of sp³-hybridized carbons (Fsp3) is 0.943. The first kappa shape index (κ1) is 58.1. The van der Waals surface area contributed by atoms with E-state index in [1.165, 1.54) is 6.92 Å². The van der Waals surface area contributed by atoms with E-state index in [1.54, 1.807) is 0 Å². The van der Waals surface area contributed by atoms with Crippen molar-refractivity contribution >= 4 is 5.97 Å². The van der Waals surface area contributed by atoms with Crippen LogP contribution in [0.15, 0.2) is 11.6 Å². The monoisotopic (exact) mass is 1070 g/mol. The summed E-state index contributed by atoms with van der Waals surface area (Å²) in [7, 11) is 0. The van der Waals surface area contributed by atoms with Gasteiger partial charge in [-0.2, -0.15) is 0 Å². The number of rotatable bonds is 10. The number of hydrogen-bond acceptors (Lipinski definition) is 22. The number of hydrogen-bond donors (Lipinski definition) is 13. The summed E-state index contributed by atoms with van der Waals surface area (Å²) in [5, 5.41) is 141. The van der Waals surface area contributed by atoms with E-state index in [4.69, 9.17) is 37.9 Å². The third-order valence-electron chi connectivity index (χ3n) is 21.0. The second-order valence-electron chi connectivity index (χ2n) is 25.9. The Morgan fingerprint density at radius 1 is 0.613 bits per heavy atom. The van der Waals surface area contributed by atoms with Crippen molar-refractivity contribution in [3.05, 3.63) is 11.6 Å². The van der Waals surface area contributed by atoms with Gasteiger partial charge in [0, 0.05) is 0 Å². The maximum atomic E-state index is 15.2. The van der Waals surface area contributed by atoms with Crippen LogP contribution in [0.1, 0.15) is 113 Å². The smallest absolute Gasteiger partial charge is 0.317 e. The summed E-state index contributed by atoms with van der Waals surface area (Å²) in [5.74, 6) is -0.921. The zero-order valence-corrected chi connectivity index (χ0v) is 44.4. The summed E-state index contributed by atoms with van der Waals surface area (Å²) in [6, 6.07) is 0. The van der Waals surface area contributed by atoms with E-state index < -0.39 is 159 Å². The summed E-state index contributed by atoms with van der Waals surface area (Å²) >= 11 is 0. The fourth-order valence-electron chi connectivity index (χ4n) is 16.3. The van der Waals surface area contributed by atoms with Gasteiger partial charge >= 0.3 is 5.97 Å². The third kappa shape index (κ3) is 9.31. The molecule has 22 heteroatoms. The van der Waals surface area contributed by atoms with Crippen molar-refractivity contribution in [2.24, 2.45) is 50.2 Å². The van der Waals surface area contributed by atoms with E-state index in [0.29, 0.717) is 19.3 Å². The molecule has 4 saturated carbocycles. The molecule has 0 aromatic rings. The standard InChI is InChI=1S/C53H86O22/c1-22-32(58)34(60)38(64)44(69-22)73-41-26(19-54)70-45(39(65)35(41)61)74-42-27(20-55)71-46(40(66)36(42)62)75-47(67)53-16-15-48(2,3)17-24(53)23-9-10-29-50(6)13-12-31(72-43-37(63)33(59)25(56)21-68-43)49(4,5)28(50)11-14-51(29,7)52(23,8)18-30(53)57/h9,22,24-46,54-66H,10-21H2,1-8H3. The predicted octanol–water partition coefficient (Wildman–Crippen LogP) is -1.40. The first-order chi connectivity index (χ1) is 35.0. The van der Waals surface area contributed by atoms with Gasteiger partial charge in [0.15, 0.2) is 18.9 Å². The van der Waals surface area contributed by atoms with Crippen LogP contribution in [-0.4, -0.2) is 221 Å². The summed E-state index contributed by atoms with van der Waals surface area (Å²) in [4.78, 5) is 15.2. The lowest BCUT2D eigenvalue weighted by Gasteiger charge is -2.71. The molecule has 5 aliphatic carbocycles. The van der Waals surface area contributed by atoms with E-state index in [-0.39, 0.29) is 59.0 Å². The zero-order valence-electron chi connectivity index (χ0n) is 44.4. The average molecular weight is 1080 g/mol. The molecule has 13 N–H and O–H groups in total. The van der Waals surface area contributed by atoms with Gasteiger partial charge in [-0.05, 0) is 110 Å². The van der Waals surface area contributed by atoms with Gasteiger partial charge in [0.1, 0.15) is 90.9 Å². The minimum atomic E-state index is -2.00. The van der Waals surface area contributed by atoms with Crippen LogP contribution < -0.4 is 0 Å². The molecule has 28 unspecified atom stereocenters. The number of carbonyl (C=O) groups is 1. The number of carbonyl (C=O) groups excluding carboxylic acids is 1. The van der Waals surface area contributed by atoms with Crippen molar-refractivity contribution in [1.82, 2.24) is 0 Å². The van der Waals surface area contributed by atoms with Gasteiger partial charge in [-0.3, -0.25) is 4.79 Å². The average Bonchev–Trinajstić information content (AvgIpc) is 3.35. The molecule has 9 rings (SSSR count). The second kappa shape index (κ2) is 20.7. The highest BCUT2D eigenvalue weighted by molar-refractivity contribution is 5.80. The van der Waals surface area contributed by atoms with Crippen molar-refractivity contribution in [3.63, 3.8) is 0 Å². The molecular weight excluding hydrogens is 989 g/mol. The van der Waals surface area contributed by atoms with Gasteiger partial charge in [0.2, 0.25) is 6.29 Å². The molecule has 22 nitrogen and oxygen atoms in total. The van der Waals surface area contributed by atoms with E-state index >= 15 is 4.79 Å². The molecule has 4 saturated heterocycles. The largest absolute Gasteiger partial charge is 0.432 e. The molecule has 0 radical (unpaired) electrons. The fourth-order valence-corrected chi connectivity index (χ4v) is 16.3. The van der Waals surface area contributed by atoms with Gasteiger partial charge in [0.25, 0.3) is 0 Å². The molecule has 0 amide bonds. The molecule has 0 bridgehead atoms. The van der Waals surface area contributed by atoms with Gasteiger partial charge in [-0.15, -0.1) is 0 Å². The number of aliphatic hydroxyl groups excluding tert-OH is 13. The molecule has 0 spiro atoms. The highest BCUT2D eigenvalue weighted by Crippen LogP contribution is 2.76. The Labute approximate surface area is 437 Å². The summed E-state index contributed by atoms with van der Waals surface area (Å²) in [5.41, 5.74) is -2.03. The Morgan fingerprint density at radius 2 is 1.19 bits per heavy atom. The third-order valence-corrected chi connectivity index (χ3v) is 21.0. The lowest BCUT2D eigenvalue weighted by atomic mass is 9.33. The zero-order chi connectivity index (χ0) is 54.9. The first-order valence-electron chi connectivity index (χ1n) is 27.2. The first-order valence-corrected chi connectivity index (χ1v) is 27.2. The Balaban J connectivity index is 0.911. The van der Waals surface area contributed by atoms with Gasteiger partial charge in [-0.1, -0.05) is 60.1 Å². The number of ether oxygens (including phenoxy) is 8. The minimum absolute atomic E-state index is 0.148. The van der Waals surface area contributed by atoms with Crippen molar-refractivity contribution in [2.45, 2.75) is 242 Å². The summed E-state index contributed by atoms with van der Waals surface area (Å²) < 4.78 is 47.0. The van der Waals surface area contributed by atoms with Crippen LogP contribution in [0.2, 0.25) is 0 Å². The van der Waals surface area contributed by atoms with Gasteiger partial charge < -0.3 is 104 Å². The summed E-state index contributed by atoms with van der Waals surface area (Å²) in [6.07, 6.45) is -24.1. The predicted molar refractivity (Wildman–Crippen MR) is 257 cm³/mol. The van der Waals surface area contributed by atoms with E-state index in [0.717, 1.165) is 31.3 Å². The number of esters is 1. The molecule has 75 heavy (non-hydrogen) atoms. The highest BCUT2D eigenvalue weighted by atomic mass is 16.8. The Kier molecular flexibility index (Phi) is 16.1. The molecule has 8 fully saturated rings. The molecule has 0 aromatic carbocycles. The maximum absolute atomic E-state index is 15.2. The molecule has 430 valence electrons. The number of fused-ring (bicyclic) bond motifs is 7. The lowest BCUT2D eigenvalue weighted by Crippen LogP contribution is -2.68. The second-order valence-corrected chi connectivity index (χ2v) is 25.9. The van der Waals surface area contributed by atoms with Crippen LogP contribution in [0.3, 0.4) is 0 Å². The van der Waals surface area contributed by atoms with Crippen LogP contribution >= 0.6 is 0 Å². The Bertz CT molecular complexity index is 2070. The van der Waals surface area contributed by atoms with Gasteiger partial charge in [-0.25, -0.2) is 0 Å². The number of allylic oxidation sites excluding steroid dienone is 2. The quantitative estimate of drug-likeness (QED) is 0.0680. The molecule has 0 aromatic heterocycles. The highest BCUT2D eigenvalue weighted by Gasteiger charge is 2.72. The molecular formula is C53H86O22. The van der Waals surface area contributed by atoms with Crippen molar-refractivity contribution in [2.75, 3.05) is 19.8 Å². The van der Waals surface area contributed by atoms with Crippen LogP contribution in [0.25, 0.3) is 0 Å². The van der Waals surface area contributed by atoms with E-state index in [1.807, 2.05) is 0 Å². The topological polar surface area (TPSA) is 354 Å². The number of aliphatic hydroxyl groups is 13. The SMILES string of the molecule is CC1OC(OC2C(CO)OC(OC3C(CO)OC(OC(=O)C45CCC(C)(C)CC4C4=CCC6C7(C)CCC(OC8OCC(O)C(O)C8O)C(C)(C)C7CCC6(C)C4(C)CC5O)C(O)C3O)C(O)C2O)C(O)C(O)C1O. The van der Waals surface area contributed by atoms with Crippen molar-refractivity contribution < 1.29 is 109 Å². The minimum Gasteiger partial charge on any atom is -0.432 e. The molecule has 4 aliphatic heterocycles. The van der Waals surface area contributed by atoms with E-state index in [9.17, 15) is 66.4 Å². The Hall–Kier alpha value is -1.59. The molecule has 9 aliphatic rings. The molecule has 28 atom stereocenters. The van der Waals surface area contributed by atoms with E-state index in [2.05, 4.69) is 54.5 Å². The van der Waals surface area contributed by atoms with Crippen LogP contribution in [-0.2, 0) is 42.7 Å². The van der Waals surface area contributed by atoms with Crippen molar-refractivity contribution in [3.8, 4) is 0 Å². The van der Waals surface area contributed by atoms with Crippen LogP contribution in [0, 0.1) is 50.2 Å². The maximum Gasteiger partial charge on any atom is 0.317 e. The lowest BCUT2D eigenvalue weighted by molar-refractivity contribution is -0.377.